The van der Waals surface area contributed by atoms with Gasteiger partial charge in [-0.1, -0.05) is 121 Å². The second-order valence-electron chi connectivity index (χ2n) is 16.1. The van der Waals surface area contributed by atoms with Gasteiger partial charge in [-0.3, -0.25) is 4.79 Å². The second kappa shape index (κ2) is 27.5. The van der Waals surface area contributed by atoms with Crippen LogP contribution in [0, 0.1) is 29.1 Å². The Kier molecular flexibility index (Phi) is 21.1. The van der Waals surface area contributed by atoms with E-state index in [1.54, 1.807) is 103 Å². The van der Waals surface area contributed by atoms with Crippen LogP contribution < -0.4 is 31.2 Å². The normalized spacial score (nSPS) is 11.9. The summed E-state index contributed by atoms with van der Waals surface area (Å²) in [5.74, 6) is -16.8. The number of ether oxygens (including phenoxy) is 5. The van der Waals surface area contributed by atoms with Crippen LogP contribution in [0.5, 0.6) is 11.5 Å². The molecule has 0 aliphatic carbocycles. The summed E-state index contributed by atoms with van der Waals surface area (Å²) in [6, 6.07) is 33.9. The van der Waals surface area contributed by atoms with E-state index < -0.39 is 89.4 Å². The van der Waals surface area contributed by atoms with Crippen LogP contribution in [0.4, 0.5) is 31.5 Å². The highest BCUT2D eigenvalue weighted by molar-refractivity contribution is 5.88. The summed E-state index contributed by atoms with van der Waals surface area (Å²) in [4.78, 5) is 65.3. The highest BCUT2D eigenvalue weighted by Crippen LogP contribution is 2.32. The third-order valence-corrected chi connectivity index (χ3v) is 10.9. The van der Waals surface area contributed by atoms with Gasteiger partial charge >= 0.3 is 24.1 Å². The Hall–Kier alpha value is -8.03. The van der Waals surface area contributed by atoms with E-state index in [-0.39, 0.29) is 62.9 Å². The van der Waals surface area contributed by atoms with E-state index >= 15 is 0 Å². The maximum Gasteiger partial charge on any atom is 0.408 e. The van der Waals surface area contributed by atoms with Crippen molar-refractivity contribution in [3.05, 3.63) is 190 Å². The molecule has 0 bridgehead atoms. The van der Waals surface area contributed by atoms with E-state index in [4.69, 9.17) is 29.4 Å². The maximum absolute atomic E-state index is 14.8. The molecule has 6 aromatic rings. The minimum absolute atomic E-state index is 0. The Morgan fingerprint density at radius 2 is 1.08 bits per heavy atom. The van der Waals surface area contributed by atoms with Crippen molar-refractivity contribution in [1.82, 2.24) is 16.0 Å². The van der Waals surface area contributed by atoms with Crippen LogP contribution in [0.15, 0.2) is 133 Å². The Bertz CT molecular complexity index is 2810. The SMILES string of the molecule is COC(=O)[C@H](Cc1cccc(-c2ccc(OCc3ccccc3)c(C[C@H](NC(=O)OCc3ccccc3)C(=O)Oc3c(F)c(F)c(F)c(F)c3F)c2)c1)NC(=O)[C@@H](N)CCCNC(=O)OCc1ccccc1.Cl. The molecule has 0 saturated carbocycles. The number of carbonyl (C=O) groups excluding carboxylic acids is 5. The third kappa shape index (κ3) is 16.2. The van der Waals surface area contributed by atoms with Gasteiger partial charge in [0.05, 0.1) is 13.2 Å². The van der Waals surface area contributed by atoms with Gasteiger partial charge in [0.1, 0.15) is 37.7 Å². The van der Waals surface area contributed by atoms with Crippen LogP contribution in [0.25, 0.3) is 11.1 Å². The Balaban J connectivity index is 0.00000988. The van der Waals surface area contributed by atoms with Gasteiger partial charge in [-0.15, -0.1) is 12.4 Å². The molecule has 20 heteroatoms. The molecule has 384 valence electrons. The molecule has 0 aliphatic heterocycles. The van der Waals surface area contributed by atoms with Crippen LogP contribution in [0.3, 0.4) is 0 Å². The smallest absolute Gasteiger partial charge is 0.408 e. The summed E-state index contributed by atoms with van der Waals surface area (Å²) in [6.07, 6.45) is -1.96. The first-order valence-corrected chi connectivity index (χ1v) is 22.4. The summed E-state index contributed by atoms with van der Waals surface area (Å²) in [5, 5.41) is 7.54. The molecule has 6 rings (SSSR count). The molecule has 0 heterocycles. The minimum Gasteiger partial charge on any atom is -0.489 e. The molecule has 3 amide bonds. The molecule has 6 aromatic carbocycles. The Labute approximate surface area is 422 Å². The molecule has 0 spiro atoms. The fourth-order valence-corrected chi connectivity index (χ4v) is 7.11. The predicted molar refractivity (Wildman–Crippen MR) is 259 cm³/mol. The first kappa shape index (κ1) is 55.9. The molecule has 0 aliphatic rings. The number of halogens is 6. The average molecular weight is 1030 g/mol. The summed E-state index contributed by atoms with van der Waals surface area (Å²) < 4.78 is 98.4. The van der Waals surface area contributed by atoms with E-state index in [1.165, 1.54) is 0 Å². The number of methoxy groups -OCH3 is 1. The topological polar surface area (TPSA) is 194 Å². The highest BCUT2D eigenvalue weighted by Gasteiger charge is 2.33. The van der Waals surface area contributed by atoms with Crippen molar-refractivity contribution in [1.29, 1.82) is 0 Å². The Morgan fingerprint density at radius 1 is 0.562 bits per heavy atom. The molecular weight excluding hydrogens is 983 g/mol. The summed E-state index contributed by atoms with van der Waals surface area (Å²) in [7, 11) is 1.16. The van der Waals surface area contributed by atoms with Gasteiger partial charge in [-0.05, 0) is 63.9 Å². The number of nitrogens with two attached hydrogens (primary N) is 1. The van der Waals surface area contributed by atoms with Gasteiger partial charge in [0.25, 0.3) is 0 Å². The molecule has 5 N–H and O–H groups in total. The second-order valence-corrected chi connectivity index (χ2v) is 16.1. The third-order valence-electron chi connectivity index (χ3n) is 10.9. The van der Waals surface area contributed by atoms with Crippen molar-refractivity contribution in [3.63, 3.8) is 0 Å². The van der Waals surface area contributed by atoms with E-state index in [0.29, 0.717) is 28.7 Å². The molecule has 73 heavy (non-hydrogen) atoms. The largest absolute Gasteiger partial charge is 0.489 e. The number of hydrogen-bond donors (Lipinski definition) is 4. The molecule has 0 fully saturated rings. The molecule has 0 radical (unpaired) electrons. The van der Waals surface area contributed by atoms with E-state index in [0.717, 1.165) is 18.2 Å². The lowest BCUT2D eigenvalue weighted by Gasteiger charge is -2.21. The molecule has 0 unspecified atom stereocenters. The zero-order valence-corrected chi connectivity index (χ0v) is 39.9. The zero-order valence-electron chi connectivity index (χ0n) is 39.0. The van der Waals surface area contributed by atoms with Gasteiger partial charge in [0, 0.05) is 19.4 Å². The number of benzene rings is 6. The lowest BCUT2D eigenvalue weighted by molar-refractivity contribution is -0.145. The first-order chi connectivity index (χ1) is 34.7. The maximum atomic E-state index is 14.8. The molecule has 14 nitrogen and oxygen atoms in total. The van der Waals surface area contributed by atoms with Crippen molar-refractivity contribution in [3.8, 4) is 22.6 Å². The number of rotatable bonds is 22. The summed E-state index contributed by atoms with van der Waals surface area (Å²) >= 11 is 0. The van der Waals surface area contributed by atoms with Crippen LogP contribution >= 0.6 is 12.4 Å². The van der Waals surface area contributed by atoms with Crippen molar-refractivity contribution in [2.45, 2.75) is 63.6 Å². The average Bonchev–Trinajstić information content (AvgIpc) is 3.40. The number of carbonyl (C=O) groups is 5. The van der Waals surface area contributed by atoms with Crippen molar-refractivity contribution >= 4 is 42.4 Å². The van der Waals surface area contributed by atoms with Crippen LogP contribution in [0.1, 0.15) is 40.7 Å². The lowest BCUT2D eigenvalue weighted by Crippen LogP contribution is -2.49. The summed E-state index contributed by atoms with van der Waals surface area (Å²) in [6.45, 7) is -0.00491. The lowest BCUT2D eigenvalue weighted by atomic mass is 9.96. The fourth-order valence-electron chi connectivity index (χ4n) is 7.11. The molecule has 0 aromatic heterocycles. The quantitative estimate of drug-likeness (QED) is 0.00967. The number of esters is 2. The van der Waals surface area contributed by atoms with Crippen molar-refractivity contribution in [2.24, 2.45) is 5.73 Å². The number of hydrogen-bond acceptors (Lipinski definition) is 11. The van der Waals surface area contributed by atoms with Crippen LogP contribution in [-0.2, 0) is 61.3 Å². The minimum atomic E-state index is -2.48. The van der Waals surface area contributed by atoms with Gasteiger partial charge < -0.3 is 45.4 Å². The highest BCUT2D eigenvalue weighted by atomic mass is 35.5. The number of amides is 3. The first-order valence-electron chi connectivity index (χ1n) is 22.4. The van der Waals surface area contributed by atoms with Crippen LogP contribution in [0.2, 0.25) is 0 Å². The van der Waals surface area contributed by atoms with Gasteiger partial charge in [-0.2, -0.15) is 8.78 Å². The fraction of sp³-hybridized carbons (Fsp3) is 0.226. The van der Waals surface area contributed by atoms with E-state index in [1.807, 2.05) is 30.3 Å². The molecule has 0 saturated heterocycles. The summed E-state index contributed by atoms with van der Waals surface area (Å²) in [5.41, 5.74) is 10.1. The molecule has 3 atom stereocenters. The number of alkyl carbamates (subject to hydrolysis) is 2. The number of nitrogens with one attached hydrogen (secondary N) is 3. The monoisotopic (exact) mass is 1030 g/mol. The van der Waals surface area contributed by atoms with E-state index in [9.17, 15) is 45.9 Å². The standard InChI is InChI=1S/C53H49F5N4O10.ClH/c1-68-50(64)40(61-49(63)39(59)21-12-24-60-52(66)70-30-33-15-7-3-8-16-33)26-35-19-11-20-36(25-35)37-22-23-42(69-29-32-13-5-2-6-14-32)38(27-37)28-41(62-53(67)71-31-34-17-9-4-10-18-34)51(65)72-48-46(57)44(55)43(54)45(56)47(48)58;/h2-11,13-20,22-23,25,27,39-41H,12,21,24,26,28-31,59H2,1H3,(H,60,66)(H,61,63)(H,62,67);1H/t39-,40-,41-;/m0./s1. The zero-order chi connectivity index (χ0) is 51.6. The van der Waals surface area contributed by atoms with Gasteiger partial charge in [0.2, 0.25) is 40.7 Å². The predicted octanol–water partition coefficient (Wildman–Crippen LogP) is 8.73. The van der Waals surface area contributed by atoms with E-state index in [2.05, 4.69) is 16.0 Å². The van der Waals surface area contributed by atoms with Gasteiger partial charge in [0.15, 0.2) is 0 Å². The Morgan fingerprint density at radius 3 is 1.67 bits per heavy atom. The van der Waals surface area contributed by atoms with Crippen LogP contribution in [-0.4, -0.2) is 61.8 Å². The molecular formula is C53H50ClF5N4O10. The van der Waals surface area contributed by atoms with Crippen molar-refractivity contribution in [2.75, 3.05) is 13.7 Å². The van der Waals surface area contributed by atoms with Crippen molar-refractivity contribution < 1.29 is 69.6 Å². The van der Waals surface area contributed by atoms with Gasteiger partial charge in [-0.25, -0.2) is 32.3 Å².